The Bertz CT molecular complexity index is 638. The third-order valence-corrected chi connectivity index (χ3v) is 3.58. The van der Waals surface area contributed by atoms with Crippen LogP contribution < -0.4 is 14.2 Å². The van der Waals surface area contributed by atoms with Gasteiger partial charge in [0.05, 0.1) is 31.7 Å². The van der Waals surface area contributed by atoms with Gasteiger partial charge in [-0.25, -0.2) is 9.78 Å². The Hall–Kier alpha value is -2.28. The highest BCUT2D eigenvalue weighted by molar-refractivity contribution is 7.13. The molecule has 0 saturated heterocycles. The molecule has 0 bridgehead atoms. The number of hydrogen-bond acceptors (Lipinski definition) is 6. The van der Waals surface area contributed by atoms with E-state index in [0.29, 0.717) is 27.7 Å². The maximum atomic E-state index is 11.2. The van der Waals surface area contributed by atoms with Gasteiger partial charge in [0, 0.05) is 5.56 Å². The molecule has 0 spiro atoms. The number of benzene rings is 1. The molecule has 1 aromatic heterocycles. The number of carboxylic acids is 1. The lowest BCUT2D eigenvalue weighted by Crippen LogP contribution is -2.01. The van der Waals surface area contributed by atoms with E-state index in [4.69, 9.17) is 19.3 Å². The highest BCUT2D eigenvalue weighted by atomic mass is 32.1. The first-order valence-electron chi connectivity index (χ1n) is 5.60. The molecule has 7 heteroatoms. The van der Waals surface area contributed by atoms with Gasteiger partial charge in [0.25, 0.3) is 0 Å². The van der Waals surface area contributed by atoms with Crippen molar-refractivity contribution in [2.75, 3.05) is 21.3 Å². The zero-order valence-corrected chi connectivity index (χ0v) is 12.0. The molecule has 0 radical (unpaired) electrons. The van der Waals surface area contributed by atoms with Crippen LogP contribution in [0.3, 0.4) is 0 Å². The van der Waals surface area contributed by atoms with Gasteiger partial charge in [0.2, 0.25) is 5.75 Å². The first-order valence-corrected chi connectivity index (χ1v) is 6.48. The van der Waals surface area contributed by atoms with Crippen LogP contribution in [0, 0.1) is 0 Å². The van der Waals surface area contributed by atoms with Gasteiger partial charge in [-0.15, -0.1) is 11.3 Å². The summed E-state index contributed by atoms with van der Waals surface area (Å²) >= 11 is 1.22. The molecule has 1 aromatic carbocycles. The minimum Gasteiger partial charge on any atom is -0.493 e. The summed E-state index contributed by atoms with van der Waals surface area (Å²) in [5.74, 6) is 0.253. The monoisotopic (exact) mass is 295 g/mol. The van der Waals surface area contributed by atoms with Crippen LogP contribution in [0.4, 0.5) is 0 Å². The van der Waals surface area contributed by atoms with Crippen molar-refractivity contribution in [1.82, 2.24) is 4.98 Å². The highest BCUT2D eigenvalue weighted by Gasteiger charge is 2.22. The second-order valence-electron chi connectivity index (χ2n) is 3.72. The fourth-order valence-corrected chi connectivity index (χ4v) is 2.67. The third-order valence-electron chi connectivity index (χ3n) is 2.72. The molecule has 1 heterocycles. The summed E-state index contributed by atoms with van der Waals surface area (Å²) < 4.78 is 15.8. The van der Waals surface area contributed by atoms with Crippen molar-refractivity contribution in [3.63, 3.8) is 0 Å². The Balaban J connectivity index is 2.68. The average Bonchev–Trinajstić information content (AvgIpc) is 2.94. The number of aromatic nitrogens is 1. The summed E-state index contributed by atoms with van der Waals surface area (Å²) in [5.41, 5.74) is 2.07. The summed E-state index contributed by atoms with van der Waals surface area (Å²) in [7, 11) is 4.50. The van der Waals surface area contributed by atoms with Crippen molar-refractivity contribution in [2.45, 2.75) is 0 Å². The third kappa shape index (κ3) is 2.27. The number of nitrogens with zero attached hydrogens (tertiary/aromatic N) is 1. The molecule has 2 aromatic rings. The minimum absolute atomic E-state index is 0.0134. The van der Waals surface area contributed by atoms with Crippen molar-refractivity contribution in [1.29, 1.82) is 0 Å². The van der Waals surface area contributed by atoms with Crippen LogP contribution >= 0.6 is 11.3 Å². The summed E-state index contributed by atoms with van der Waals surface area (Å²) in [6.07, 6.45) is 0. The van der Waals surface area contributed by atoms with Gasteiger partial charge >= 0.3 is 5.97 Å². The molecule has 0 amide bonds. The Labute approximate surface area is 119 Å². The van der Waals surface area contributed by atoms with Crippen molar-refractivity contribution in [3.8, 4) is 27.7 Å². The SMILES string of the molecule is COc1ccc(-c2scnc2C(=O)O)c(OC)c1OC. The Morgan fingerprint density at radius 3 is 2.40 bits per heavy atom. The van der Waals surface area contributed by atoms with Crippen LogP contribution in [-0.4, -0.2) is 37.4 Å². The first kappa shape index (κ1) is 14.1. The number of aromatic carboxylic acids is 1. The number of carboxylic acid groups (broad SMARTS) is 1. The topological polar surface area (TPSA) is 77.9 Å². The standard InChI is InChI=1S/C13H13NO5S/c1-17-8-5-4-7(10(18-2)11(8)19-3)12-9(13(15)16)14-6-20-12/h4-6H,1-3H3,(H,15,16). The van der Waals surface area contributed by atoms with Crippen molar-refractivity contribution >= 4 is 17.3 Å². The molecule has 0 saturated carbocycles. The van der Waals surface area contributed by atoms with E-state index < -0.39 is 5.97 Å². The van der Waals surface area contributed by atoms with Crippen LogP contribution in [-0.2, 0) is 0 Å². The summed E-state index contributed by atoms with van der Waals surface area (Å²) in [4.78, 5) is 15.5. The molecule has 0 aliphatic carbocycles. The van der Waals surface area contributed by atoms with Crippen molar-refractivity contribution in [2.24, 2.45) is 0 Å². The molecular formula is C13H13NO5S. The number of rotatable bonds is 5. The van der Waals surface area contributed by atoms with Crippen LogP contribution in [0.2, 0.25) is 0 Å². The number of carbonyl (C=O) groups is 1. The molecule has 0 unspecified atom stereocenters. The quantitative estimate of drug-likeness (QED) is 0.913. The molecule has 6 nitrogen and oxygen atoms in total. The Morgan fingerprint density at radius 1 is 1.15 bits per heavy atom. The smallest absolute Gasteiger partial charge is 0.356 e. The average molecular weight is 295 g/mol. The van der Waals surface area contributed by atoms with E-state index in [-0.39, 0.29) is 5.69 Å². The van der Waals surface area contributed by atoms with E-state index in [1.807, 2.05) is 0 Å². The zero-order chi connectivity index (χ0) is 14.7. The van der Waals surface area contributed by atoms with Crippen LogP contribution in [0.15, 0.2) is 17.6 Å². The van der Waals surface area contributed by atoms with Gasteiger partial charge in [-0.3, -0.25) is 0 Å². The van der Waals surface area contributed by atoms with E-state index in [2.05, 4.69) is 4.98 Å². The van der Waals surface area contributed by atoms with E-state index in [1.54, 1.807) is 12.1 Å². The number of methoxy groups -OCH3 is 3. The maximum absolute atomic E-state index is 11.2. The van der Waals surface area contributed by atoms with Gasteiger partial charge in [0.15, 0.2) is 17.2 Å². The Morgan fingerprint density at radius 2 is 1.85 bits per heavy atom. The largest absolute Gasteiger partial charge is 0.493 e. The molecule has 0 atom stereocenters. The van der Waals surface area contributed by atoms with Crippen LogP contribution in [0.25, 0.3) is 10.4 Å². The van der Waals surface area contributed by atoms with Gasteiger partial charge in [-0.1, -0.05) is 0 Å². The predicted octanol–water partition coefficient (Wildman–Crippen LogP) is 2.53. The maximum Gasteiger partial charge on any atom is 0.356 e. The molecule has 1 N–H and O–H groups in total. The second-order valence-corrected chi connectivity index (χ2v) is 4.57. The van der Waals surface area contributed by atoms with E-state index in [9.17, 15) is 4.79 Å². The molecule has 106 valence electrons. The highest BCUT2D eigenvalue weighted by Crippen LogP contribution is 2.45. The molecule has 0 fully saturated rings. The zero-order valence-electron chi connectivity index (χ0n) is 11.2. The molecule has 0 aliphatic rings. The summed E-state index contributed by atoms with van der Waals surface area (Å²) in [5, 5.41) is 9.15. The number of thiazole rings is 1. The fourth-order valence-electron chi connectivity index (χ4n) is 1.87. The first-order chi connectivity index (χ1) is 9.63. The summed E-state index contributed by atoms with van der Waals surface area (Å²) in [6, 6.07) is 3.42. The number of hydrogen-bond donors (Lipinski definition) is 1. The van der Waals surface area contributed by atoms with Crippen LogP contribution in [0.5, 0.6) is 17.2 Å². The normalized spacial score (nSPS) is 10.2. The van der Waals surface area contributed by atoms with Gasteiger partial charge < -0.3 is 19.3 Å². The molecule has 2 rings (SSSR count). The lowest BCUT2D eigenvalue weighted by atomic mass is 10.1. The fraction of sp³-hybridized carbons (Fsp3) is 0.231. The van der Waals surface area contributed by atoms with Gasteiger partial charge in [-0.05, 0) is 12.1 Å². The van der Waals surface area contributed by atoms with E-state index in [1.165, 1.54) is 38.2 Å². The molecule has 0 aliphatic heterocycles. The summed E-state index contributed by atoms with van der Waals surface area (Å²) in [6.45, 7) is 0. The molecular weight excluding hydrogens is 282 g/mol. The lowest BCUT2D eigenvalue weighted by Gasteiger charge is -2.15. The Kier molecular flexibility index (Phi) is 4.09. The lowest BCUT2D eigenvalue weighted by molar-refractivity contribution is 0.0692. The van der Waals surface area contributed by atoms with Gasteiger partial charge in [0.1, 0.15) is 0 Å². The number of ether oxygens (including phenoxy) is 3. The van der Waals surface area contributed by atoms with Crippen molar-refractivity contribution < 1.29 is 24.1 Å². The van der Waals surface area contributed by atoms with E-state index in [0.717, 1.165) is 0 Å². The van der Waals surface area contributed by atoms with Gasteiger partial charge in [-0.2, -0.15) is 0 Å². The van der Waals surface area contributed by atoms with E-state index >= 15 is 0 Å². The van der Waals surface area contributed by atoms with Crippen LogP contribution in [0.1, 0.15) is 10.5 Å². The molecule has 20 heavy (non-hydrogen) atoms. The second kappa shape index (κ2) is 5.79. The van der Waals surface area contributed by atoms with Crippen molar-refractivity contribution in [3.05, 3.63) is 23.3 Å². The predicted molar refractivity (Wildman–Crippen MR) is 74.2 cm³/mol. The minimum atomic E-state index is -1.09.